The highest BCUT2D eigenvalue weighted by molar-refractivity contribution is 6.21. The van der Waals surface area contributed by atoms with Gasteiger partial charge < -0.3 is 9.13 Å². The fourth-order valence-corrected chi connectivity index (χ4v) is 4.93. The quantitative estimate of drug-likeness (QED) is 0.303. The molecular weight excluding hydrogens is 411 g/mol. The van der Waals surface area contributed by atoms with Gasteiger partial charge in [0.1, 0.15) is 16.9 Å². The molecular formula is C28H17FN4. The minimum absolute atomic E-state index is 0.282. The highest BCUT2D eigenvalue weighted by atomic mass is 19.1. The molecule has 0 saturated heterocycles. The zero-order valence-electron chi connectivity index (χ0n) is 17.5. The predicted molar refractivity (Wildman–Crippen MR) is 131 cm³/mol. The van der Waals surface area contributed by atoms with E-state index in [4.69, 9.17) is 4.98 Å². The minimum Gasteiger partial charge on any atom is -0.307 e. The second-order valence-electron chi connectivity index (χ2n) is 8.09. The molecule has 156 valence electrons. The lowest BCUT2D eigenvalue weighted by atomic mass is 10.2. The smallest absolute Gasteiger partial charge is 0.125 e. The fourth-order valence-electron chi connectivity index (χ4n) is 4.93. The van der Waals surface area contributed by atoms with E-state index >= 15 is 0 Å². The number of fused-ring (bicyclic) bond motifs is 7. The van der Waals surface area contributed by atoms with E-state index in [1.54, 1.807) is 18.3 Å². The third kappa shape index (κ3) is 2.50. The Morgan fingerprint density at radius 3 is 2.21 bits per heavy atom. The van der Waals surface area contributed by atoms with Crippen molar-refractivity contribution in [3.8, 4) is 11.4 Å². The van der Waals surface area contributed by atoms with E-state index in [9.17, 15) is 4.39 Å². The summed E-state index contributed by atoms with van der Waals surface area (Å²) in [5.41, 5.74) is 7.30. The summed E-state index contributed by atoms with van der Waals surface area (Å²) in [4.78, 5) is 9.53. The molecule has 0 aliphatic rings. The van der Waals surface area contributed by atoms with Crippen LogP contribution in [0.1, 0.15) is 0 Å². The van der Waals surface area contributed by atoms with Gasteiger partial charge in [0.2, 0.25) is 0 Å². The van der Waals surface area contributed by atoms with Crippen molar-refractivity contribution in [1.82, 2.24) is 19.1 Å². The third-order valence-corrected chi connectivity index (χ3v) is 6.24. The maximum absolute atomic E-state index is 14.3. The van der Waals surface area contributed by atoms with Gasteiger partial charge in [-0.25, -0.2) is 4.39 Å². The Balaban J connectivity index is 1.80. The first-order valence-corrected chi connectivity index (χ1v) is 10.8. The van der Waals surface area contributed by atoms with Crippen LogP contribution in [0.3, 0.4) is 0 Å². The molecule has 0 atom stereocenters. The van der Waals surface area contributed by atoms with E-state index < -0.39 is 0 Å². The maximum Gasteiger partial charge on any atom is 0.125 e. The Morgan fingerprint density at radius 2 is 1.33 bits per heavy atom. The molecule has 0 saturated carbocycles. The van der Waals surface area contributed by atoms with E-state index in [2.05, 4.69) is 44.5 Å². The molecule has 4 nitrogen and oxygen atoms in total. The lowest BCUT2D eigenvalue weighted by molar-refractivity contribution is 0.627. The van der Waals surface area contributed by atoms with Gasteiger partial charge in [-0.05, 0) is 48.5 Å². The molecule has 33 heavy (non-hydrogen) atoms. The number of benzene rings is 3. The van der Waals surface area contributed by atoms with Gasteiger partial charge in [-0.2, -0.15) is 0 Å². The monoisotopic (exact) mass is 428 g/mol. The Hall–Kier alpha value is -4.51. The molecule has 5 heteroatoms. The van der Waals surface area contributed by atoms with Crippen LogP contribution in [-0.4, -0.2) is 19.1 Å². The molecule has 0 aliphatic heterocycles. The Labute approximate surface area is 188 Å². The molecule has 0 bridgehead atoms. The number of hydrogen-bond acceptors (Lipinski definition) is 2. The van der Waals surface area contributed by atoms with Crippen LogP contribution < -0.4 is 0 Å². The Bertz CT molecular complexity index is 1830. The maximum atomic E-state index is 14.3. The van der Waals surface area contributed by atoms with Gasteiger partial charge in [-0.15, -0.1) is 0 Å². The molecule has 0 fully saturated rings. The number of hydrogen-bond donors (Lipinski definition) is 0. The number of para-hydroxylation sites is 2. The summed E-state index contributed by atoms with van der Waals surface area (Å²) in [7, 11) is 0. The van der Waals surface area contributed by atoms with Crippen LogP contribution in [0.4, 0.5) is 4.39 Å². The van der Waals surface area contributed by atoms with Crippen LogP contribution in [-0.2, 0) is 0 Å². The fraction of sp³-hybridized carbons (Fsp3) is 0. The molecule has 0 unspecified atom stereocenters. The summed E-state index contributed by atoms with van der Waals surface area (Å²) in [6.07, 6.45) is 3.71. The summed E-state index contributed by atoms with van der Waals surface area (Å²) < 4.78 is 18.7. The van der Waals surface area contributed by atoms with Crippen molar-refractivity contribution in [3.63, 3.8) is 0 Å². The molecule has 0 radical (unpaired) electrons. The molecule has 0 aliphatic carbocycles. The molecule has 4 heterocycles. The first-order valence-electron chi connectivity index (χ1n) is 10.8. The van der Waals surface area contributed by atoms with Crippen molar-refractivity contribution in [2.75, 3.05) is 0 Å². The molecule has 4 aromatic heterocycles. The molecule has 0 amide bonds. The zero-order valence-corrected chi connectivity index (χ0v) is 17.5. The summed E-state index contributed by atoms with van der Waals surface area (Å²) in [6.45, 7) is 0. The van der Waals surface area contributed by atoms with Crippen LogP contribution in [0.2, 0.25) is 0 Å². The molecule has 7 rings (SSSR count). The SMILES string of the molecule is Fc1cccc(-n2c3cccnc3c3ncc4c5ccccc5n(-c5ccccc5)c4c32)c1. The van der Waals surface area contributed by atoms with Crippen molar-refractivity contribution < 1.29 is 4.39 Å². The number of nitrogens with zero attached hydrogens (tertiary/aromatic N) is 4. The van der Waals surface area contributed by atoms with Crippen molar-refractivity contribution in [2.45, 2.75) is 0 Å². The summed E-state index contributed by atoms with van der Waals surface area (Å²) in [5, 5.41) is 2.16. The molecule has 0 spiro atoms. The van der Waals surface area contributed by atoms with Crippen molar-refractivity contribution in [1.29, 1.82) is 0 Å². The van der Waals surface area contributed by atoms with Gasteiger partial charge in [0, 0.05) is 34.5 Å². The van der Waals surface area contributed by atoms with Crippen LogP contribution in [0.15, 0.2) is 103 Å². The second-order valence-corrected chi connectivity index (χ2v) is 8.09. The van der Waals surface area contributed by atoms with E-state index in [1.807, 2.05) is 48.7 Å². The first-order chi connectivity index (χ1) is 16.3. The average Bonchev–Trinajstić information content (AvgIpc) is 3.38. The van der Waals surface area contributed by atoms with Gasteiger partial charge in [0.05, 0.1) is 22.1 Å². The number of aromatic nitrogens is 4. The van der Waals surface area contributed by atoms with Gasteiger partial charge >= 0.3 is 0 Å². The number of halogens is 1. The highest BCUT2D eigenvalue weighted by Gasteiger charge is 2.22. The van der Waals surface area contributed by atoms with Crippen molar-refractivity contribution >= 4 is 43.9 Å². The van der Waals surface area contributed by atoms with E-state index in [0.29, 0.717) is 0 Å². The second kappa shape index (κ2) is 6.74. The predicted octanol–water partition coefficient (Wildman–Crippen LogP) is 6.81. The lowest BCUT2D eigenvalue weighted by Crippen LogP contribution is -1.99. The van der Waals surface area contributed by atoms with Crippen LogP contribution in [0.25, 0.3) is 55.2 Å². The summed E-state index contributed by atoms with van der Waals surface area (Å²) >= 11 is 0. The van der Waals surface area contributed by atoms with Crippen molar-refractivity contribution in [3.05, 3.63) is 109 Å². The van der Waals surface area contributed by atoms with E-state index in [-0.39, 0.29) is 5.82 Å². The van der Waals surface area contributed by atoms with Gasteiger partial charge in [-0.1, -0.05) is 42.5 Å². The molecule has 3 aromatic carbocycles. The topological polar surface area (TPSA) is 35.6 Å². The first kappa shape index (κ1) is 18.1. The van der Waals surface area contributed by atoms with Crippen LogP contribution in [0, 0.1) is 5.82 Å². The standard InChI is InChI=1S/C28H17FN4/c29-18-8-6-11-20(16-18)33-24-14-7-15-30-25(24)26-28(33)27-22(17-31-26)21-12-4-5-13-23(21)32(27)19-9-2-1-3-10-19/h1-17H. The highest BCUT2D eigenvalue weighted by Crippen LogP contribution is 2.39. The van der Waals surface area contributed by atoms with E-state index in [0.717, 1.165) is 55.2 Å². The van der Waals surface area contributed by atoms with Gasteiger partial charge in [0.25, 0.3) is 0 Å². The lowest BCUT2D eigenvalue weighted by Gasteiger charge is -2.12. The summed E-state index contributed by atoms with van der Waals surface area (Å²) in [5.74, 6) is -0.282. The zero-order chi connectivity index (χ0) is 21.9. The van der Waals surface area contributed by atoms with Crippen LogP contribution in [0.5, 0.6) is 0 Å². The normalized spacial score (nSPS) is 11.8. The minimum atomic E-state index is -0.282. The number of rotatable bonds is 2. The molecule has 0 N–H and O–H groups in total. The average molecular weight is 428 g/mol. The number of pyridine rings is 2. The largest absolute Gasteiger partial charge is 0.307 e. The van der Waals surface area contributed by atoms with Gasteiger partial charge in [-0.3, -0.25) is 9.97 Å². The van der Waals surface area contributed by atoms with Crippen molar-refractivity contribution in [2.24, 2.45) is 0 Å². The summed E-state index contributed by atoms with van der Waals surface area (Å²) in [6, 6.07) is 29.2. The van der Waals surface area contributed by atoms with E-state index in [1.165, 1.54) is 6.07 Å². The third-order valence-electron chi connectivity index (χ3n) is 6.24. The molecule has 7 aromatic rings. The van der Waals surface area contributed by atoms with Crippen LogP contribution >= 0.6 is 0 Å². The van der Waals surface area contributed by atoms with Gasteiger partial charge in [0.15, 0.2) is 0 Å². The Morgan fingerprint density at radius 1 is 0.576 bits per heavy atom. The Kier molecular flexibility index (Phi) is 3.70.